The zero-order valence-electron chi connectivity index (χ0n) is 5.72. The molecule has 0 aromatic carbocycles. The van der Waals surface area contributed by atoms with Crippen molar-refractivity contribution in [1.29, 1.82) is 0 Å². The van der Waals surface area contributed by atoms with Crippen LogP contribution in [0.1, 0.15) is 13.8 Å². The second-order valence-electron chi connectivity index (χ2n) is 0.673. The van der Waals surface area contributed by atoms with Crippen LogP contribution in [-0.4, -0.2) is 11.8 Å². The van der Waals surface area contributed by atoms with E-state index >= 15 is 0 Å². The Morgan fingerprint density at radius 3 is 2.12 bits per heavy atom. The van der Waals surface area contributed by atoms with E-state index in [1.54, 1.807) is 17.3 Å². The van der Waals surface area contributed by atoms with E-state index in [1.807, 2.05) is 20.1 Å². The maximum atomic E-state index is 3.69. The third kappa shape index (κ3) is 17.1. The third-order valence-electron chi connectivity index (χ3n) is 0.272. The molecule has 0 atom stereocenters. The third-order valence-corrected chi connectivity index (χ3v) is 0.604. The molecule has 0 heterocycles. The van der Waals surface area contributed by atoms with Crippen molar-refractivity contribution in [2.24, 2.45) is 4.99 Å². The molecule has 1 nitrogen and oxygen atoms in total. The zero-order chi connectivity index (χ0) is 6.83. The largest absolute Gasteiger partial charge is 0.259 e. The minimum atomic E-state index is 1.51. The first-order valence-corrected chi connectivity index (χ1v) is 3.86. The van der Waals surface area contributed by atoms with E-state index < -0.39 is 0 Å². The van der Waals surface area contributed by atoms with Gasteiger partial charge in [-0.1, -0.05) is 20.4 Å². The standard InChI is InChI=1S/C4H7NS.C2H6/c1-3-5-4-6-2;1-2/h3-4H,1H2,2H3;1-2H3. The molecule has 0 saturated carbocycles. The minimum Gasteiger partial charge on any atom is -0.259 e. The number of aliphatic imine (C=N–C) groups is 1. The van der Waals surface area contributed by atoms with Crippen LogP contribution in [0.5, 0.6) is 0 Å². The summed E-state index contributed by atoms with van der Waals surface area (Å²) in [4.78, 5) is 3.69. The van der Waals surface area contributed by atoms with Crippen molar-refractivity contribution < 1.29 is 0 Å². The van der Waals surface area contributed by atoms with E-state index in [0.717, 1.165) is 0 Å². The van der Waals surface area contributed by atoms with Crippen LogP contribution >= 0.6 is 11.8 Å². The van der Waals surface area contributed by atoms with E-state index in [2.05, 4.69) is 11.6 Å². The highest BCUT2D eigenvalue weighted by Gasteiger charge is 1.55. The summed E-state index contributed by atoms with van der Waals surface area (Å²) in [6.07, 6.45) is 3.46. The molecule has 0 fully saturated rings. The Morgan fingerprint density at radius 2 is 2.00 bits per heavy atom. The Hall–Kier alpha value is -0.240. The van der Waals surface area contributed by atoms with Crippen molar-refractivity contribution in [1.82, 2.24) is 0 Å². The number of hydrogen-bond donors (Lipinski definition) is 0. The molecule has 48 valence electrons. The fourth-order valence-corrected chi connectivity index (χ4v) is 0.312. The van der Waals surface area contributed by atoms with Gasteiger partial charge in [0.1, 0.15) is 0 Å². The SMILES string of the molecule is C=CN=CSC.CC. The Labute approximate surface area is 55.9 Å². The molecule has 0 aromatic heterocycles. The molecule has 0 N–H and O–H groups in total. The summed E-state index contributed by atoms with van der Waals surface area (Å²) in [5.74, 6) is 0. The molecular formula is C6H13NS. The van der Waals surface area contributed by atoms with Crippen LogP contribution in [0.25, 0.3) is 0 Å². The molecule has 0 aliphatic heterocycles. The predicted octanol–water partition coefficient (Wildman–Crippen LogP) is 2.55. The van der Waals surface area contributed by atoms with Crippen LogP contribution in [0.4, 0.5) is 0 Å². The molecule has 0 saturated heterocycles. The van der Waals surface area contributed by atoms with Crippen molar-refractivity contribution in [2.45, 2.75) is 13.8 Å². The summed E-state index contributed by atoms with van der Waals surface area (Å²) < 4.78 is 0. The van der Waals surface area contributed by atoms with Gasteiger partial charge in [0.05, 0.1) is 5.55 Å². The van der Waals surface area contributed by atoms with Crippen molar-refractivity contribution in [2.75, 3.05) is 6.26 Å². The maximum absolute atomic E-state index is 3.69. The second-order valence-corrected chi connectivity index (χ2v) is 1.35. The number of thioether (sulfide) groups is 1. The van der Waals surface area contributed by atoms with E-state index in [1.165, 1.54) is 6.20 Å². The molecule has 0 radical (unpaired) electrons. The van der Waals surface area contributed by atoms with Gasteiger partial charge in [0.15, 0.2) is 0 Å². The van der Waals surface area contributed by atoms with Gasteiger partial charge in [-0.25, -0.2) is 0 Å². The monoisotopic (exact) mass is 131 g/mol. The summed E-state index contributed by atoms with van der Waals surface area (Å²) in [5.41, 5.74) is 1.73. The molecule has 0 aliphatic carbocycles. The minimum absolute atomic E-state index is 1.51. The van der Waals surface area contributed by atoms with Gasteiger partial charge in [0.25, 0.3) is 0 Å². The molecule has 0 unspecified atom stereocenters. The van der Waals surface area contributed by atoms with Gasteiger partial charge < -0.3 is 0 Å². The number of nitrogens with zero attached hydrogens (tertiary/aromatic N) is 1. The Morgan fingerprint density at radius 1 is 1.50 bits per heavy atom. The van der Waals surface area contributed by atoms with Crippen LogP contribution in [0.15, 0.2) is 17.8 Å². The Kier molecular flexibility index (Phi) is 21.2. The number of hydrogen-bond acceptors (Lipinski definition) is 2. The fraction of sp³-hybridized carbons (Fsp3) is 0.500. The van der Waals surface area contributed by atoms with E-state index in [4.69, 9.17) is 0 Å². The first kappa shape index (κ1) is 10.7. The fourth-order valence-electron chi connectivity index (χ4n) is 0.104. The average molecular weight is 131 g/mol. The van der Waals surface area contributed by atoms with Gasteiger partial charge in [-0.2, -0.15) is 0 Å². The Balaban J connectivity index is 0. The smallest absolute Gasteiger partial charge is 0.0593 e. The lowest BCUT2D eigenvalue weighted by Gasteiger charge is -1.68. The molecular weight excluding hydrogens is 118 g/mol. The van der Waals surface area contributed by atoms with Gasteiger partial charge >= 0.3 is 0 Å². The van der Waals surface area contributed by atoms with Gasteiger partial charge in [0.2, 0.25) is 0 Å². The van der Waals surface area contributed by atoms with E-state index in [0.29, 0.717) is 0 Å². The summed E-state index contributed by atoms with van der Waals surface area (Å²) in [6.45, 7) is 7.39. The molecule has 2 heteroatoms. The van der Waals surface area contributed by atoms with Gasteiger partial charge in [-0.05, 0) is 6.26 Å². The highest BCUT2D eigenvalue weighted by Crippen LogP contribution is 1.81. The first-order valence-electron chi connectivity index (χ1n) is 2.57. The summed E-state index contributed by atoms with van der Waals surface area (Å²) in [5, 5.41) is 0. The zero-order valence-corrected chi connectivity index (χ0v) is 6.53. The highest BCUT2D eigenvalue weighted by atomic mass is 32.2. The van der Waals surface area contributed by atoms with Gasteiger partial charge in [0, 0.05) is 6.20 Å². The Bertz CT molecular complexity index is 59.5. The van der Waals surface area contributed by atoms with Crippen molar-refractivity contribution in [3.05, 3.63) is 12.8 Å². The molecule has 0 rings (SSSR count). The van der Waals surface area contributed by atoms with Crippen LogP contribution < -0.4 is 0 Å². The molecule has 0 spiro atoms. The first-order chi connectivity index (χ1) is 3.91. The second kappa shape index (κ2) is 15.9. The van der Waals surface area contributed by atoms with Crippen LogP contribution in [0.2, 0.25) is 0 Å². The topological polar surface area (TPSA) is 12.4 Å². The normalized spacial score (nSPS) is 7.88. The van der Waals surface area contributed by atoms with Crippen molar-refractivity contribution in [3.63, 3.8) is 0 Å². The molecule has 0 aromatic rings. The van der Waals surface area contributed by atoms with Gasteiger partial charge in [-0.3, -0.25) is 4.99 Å². The van der Waals surface area contributed by atoms with E-state index in [-0.39, 0.29) is 0 Å². The number of rotatable bonds is 2. The lowest BCUT2D eigenvalue weighted by Crippen LogP contribution is -1.51. The highest BCUT2D eigenvalue weighted by molar-refractivity contribution is 8.11. The van der Waals surface area contributed by atoms with Crippen molar-refractivity contribution in [3.8, 4) is 0 Å². The molecule has 0 bridgehead atoms. The lowest BCUT2D eigenvalue weighted by atomic mass is 11.0. The quantitative estimate of drug-likeness (QED) is 0.414. The lowest BCUT2D eigenvalue weighted by molar-refractivity contribution is 1.50. The van der Waals surface area contributed by atoms with Gasteiger partial charge in [-0.15, -0.1) is 11.8 Å². The molecule has 0 aliphatic rings. The molecule has 8 heavy (non-hydrogen) atoms. The summed E-state index contributed by atoms with van der Waals surface area (Å²) in [6, 6.07) is 0. The van der Waals surface area contributed by atoms with Crippen LogP contribution in [0.3, 0.4) is 0 Å². The average Bonchev–Trinajstić information content (AvgIpc) is 1.88. The summed E-state index contributed by atoms with van der Waals surface area (Å²) in [7, 11) is 0. The molecule has 0 amide bonds. The van der Waals surface area contributed by atoms with E-state index in [9.17, 15) is 0 Å². The van der Waals surface area contributed by atoms with Crippen LogP contribution in [0, 0.1) is 0 Å². The van der Waals surface area contributed by atoms with Crippen molar-refractivity contribution >= 4 is 17.3 Å². The summed E-state index contributed by atoms with van der Waals surface area (Å²) >= 11 is 1.56. The van der Waals surface area contributed by atoms with Crippen LogP contribution in [-0.2, 0) is 0 Å². The predicted molar refractivity (Wildman–Crippen MR) is 43.6 cm³/mol. The maximum Gasteiger partial charge on any atom is 0.0593 e.